The number of rotatable bonds is 5. The zero-order valence-electron chi connectivity index (χ0n) is 14.1. The highest BCUT2D eigenvalue weighted by Crippen LogP contribution is 2.26. The van der Waals surface area contributed by atoms with E-state index in [4.69, 9.17) is 4.74 Å². The van der Waals surface area contributed by atoms with E-state index < -0.39 is 0 Å². The number of urea groups is 1. The fraction of sp³-hybridized carbons (Fsp3) is 0.529. The van der Waals surface area contributed by atoms with Crippen LogP contribution in [0.5, 0.6) is 0 Å². The Kier molecular flexibility index (Phi) is 5.52. The minimum Gasteiger partial charge on any atom is -0.367 e. The minimum absolute atomic E-state index is 0.0160. The van der Waals surface area contributed by atoms with E-state index in [2.05, 4.69) is 28.8 Å². The standard InChI is InChI=1S/C17H24N4O2S/c1-13(9-21-6-3-5-19-21)8-18-17(22)20-10-14(2)23-16(11-20)15-4-7-24-12-15/h3-7,12-14,16H,8-11H2,1-2H3,(H,18,22)/t13-,14-,16-/m1/s1. The number of nitrogens with one attached hydrogen (secondary N) is 1. The number of thiophene rings is 1. The van der Waals surface area contributed by atoms with Gasteiger partial charge in [0.25, 0.3) is 0 Å². The van der Waals surface area contributed by atoms with E-state index in [9.17, 15) is 4.79 Å². The average Bonchev–Trinajstić information content (AvgIpc) is 3.25. The first-order valence-electron chi connectivity index (χ1n) is 8.29. The van der Waals surface area contributed by atoms with Crippen LogP contribution in [-0.2, 0) is 11.3 Å². The molecule has 1 aliphatic rings. The first kappa shape index (κ1) is 17.0. The molecule has 0 aliphatic carbocycles. The van der Waals surface area contributed by atoms with Crippen molar-refractivity contribution >= 4 is 17.4 Å². The molecule has 130 valence electrons. The molecular formula is C17H24N4O2S. The molecule has 0 saturated carbocycles. The third-order valence-electron chi connectivity index (χ3n) is 4.12. The van der Waals surface area contributed by atoms with E-state index in [0.717, 1.165) is 12.1 Å². The van der Waals surface area contributed by atoms with E-state index in [1.807, 2.05) is 34.1 Å². The van der Waals surface area contributed by atoms with Crippen molar-refractivity contribution in [2.24, 2.45) is 5.92 Å². The van der Waals surface area contributed by atoms with Crippen LogP contribution in [0.15, 0.2) is 35.3 Å². The van der Waals surface area contributed by atoms with Crippen LogP contribution in [0, 0.1) is 5.92 Å². The number of aromatic nitrogens is 2. The lowest BCUT2D eigenvalue weighted by Crippen LogP contribution is -2.50. The van der Waals surface area contributed by atoms with Crippen molar-refractivity contribution < 1.29 is 9.53 Å². The second-order valence-electron chi connectivity index (χ2n) is 6.42. The van der Waals surface area contributed by atoms with Gasteiger partial charge in [-0.05, 0) is 41.3 Å². The molecule has 7 heteroatoms. The number of morpholine rings is 1. The van der Waals surface area contributed by atoms with Gasteiger partial charge < -0.3 is 15.0 Å². The maximum atomic E-state index is 12.5. The van der Waals surface area contributed by atoms with Crippen LogP contribution in [0.4, 0.5) is 4.79 Å². The van der Waals surface area contributed by atoms with Gasteiger partial charge in [-0.25, -0.2) is 4.79 Å². The molecule has 3 atom stereocenters. The monoisotopic (exact) mass is 348 g/mol. The number of hydrogen-bond donors (Lipinski definition) is 1. The summed E-state index contributed by atoms with van der Waals surface area (Å²) in [4.78, 5) is 14.4. The molecule has 0 aromatic carbocycles. The maximum Gasteiger partial charge on any atom is 0.317 e. The lowest BCUT2D eigenvalue weighted by Gasteiger charge is -2.36. The Hall–Kier alpha value is -1.86. The number of hydrogen-bond acceptors (Lipinski definition) is 4. The van der Waals surface area contributed by atoms with Crippen LogP contribution in [0.3, 0.4) is 0 Å². The third-order valence-corrected chi connectivity index (χ3v) is 4.82. The molecule has 3 heterocycles. The van der Waals surface area contributed by atoms with E-state index in [-0.39, 0.29) is 18.2 Å². The summed E-state index contributed by atoms with van der Waals surface area (Å²) >= 11 is 1.65. The smallest absolute Gasteiger partial charge is 0.317 e. The summed E-state index contributed by atoms with van der Waals surface area (Å²) in [7, 11) is 0. The molecule has 0 bridgehead atoms. The van der Waals surface area contributed by atoms with Crippen molar-refractivity contribution in [2.45, 2.75) is 32.6 Å². The number of ether oxygens (including phenoxy) is 1. The van der Waals surface area contributed by atoms with Crippen LogP contribution in [-0.4, -0.2) is 46.4 Å². The lowest BCUT2D eigenvalue weighted by atomic mass is 10.1. The quantitative estimate of drug-likeness (QED) is 0.904. The number of carbonyl (C=O) groups excluding carboxylic acids is 1. The molecule has 0 unspecified atom stereocenters. The highest BCUT2D eigenvalue weighted by Gasteiger charge is 2.29. The van der Waals surface area contributed by atoms with Gasteiger partial charge in [0.1, 0.15) is 6.10 Å². The predicted molar refractivity (Wildman–Crippen MR) is 94.0 cm³/mol. The van der Waals surface area contributed by atoms with Crippen molar-refractivity contribution in [1.82, 2.24) is 20.0 Å². The molecule has 1 fully saturated rings. The molecule has 3 rings (SSSR count). The van der Waals surface area contributed by atoms with Gasteiger partial charge in [0, 0.05) is 32.0 Å². The summed E-state index contributed by atoms with van der Waals surface area (Å²) in [5.74, 6) is 0.319. The molecule has 2 aromatic rings. The summed E-state index contributed by atoms with van der Waals surface area (Å²) in [6.07, 6.45) is 3.71. The Morgan fingerprint density at radius 2 is 2.42 bits per heavy atom. The molecule has 0 radical (unpaired) electrons. The highest BCUT2D eigenvalue weighted by molar-refractivity contribution is 7.07. The molecule has 24 heavy (non-hydrogen) atoms. The molecule has 1 aliphatic heterocycles. The Balaban J connectivity index is 1.50. The van der Waals surface area contributed by atoms with Crippen LogP contribution < -0.4 is 5.32 Å². The lowest BCUT2D eigenvalue weighted by molar-refractivity contribution is -0.0655. The van der Waals surface area contributed by atoms with Gasteiger partial charge in [-0.3, -0.25) is 4.68 Å². The Labute approximate surface area is 146 Å². The topological polar surface area (TPSA) is 59.4 Å². The van der Waals surface area contributed by atoms with E-state index in [1.54, 1.807) is 17.5 Å². The fourth-order valence-corrected chi connectivity index (χ4v) is 3.63. The zero-order valence-corrected chi connectivity index (χ0v) is 14.9. The van der Waals surface area contributed by atoms with Gasteiger partial charge in [-0.15, -0.1) is 0 Å². The summed E-state index contributed by atoms with van der Waals surface area (Å²) in [5.41, 5.74) is 1.15. The second kappa shape index (κ2) is 7.81. The molecular weight excluding hydrogens is 324 g/mol. The molecule has 6 nitrogen and oxygen atoms in total. The first-order chi connectivity index (χ1) is 11.6. The van der Waals surface area contributed by atoms with Crippen molar-refractivity contribution in [2.75, 3.05) is 19.6 Å². The normalized spacial score (nSPS) is 22.3. The van der Waals surface area contributed by atoms with Crippen LogP contribution in [0.1, 0.15) is 25.5 Å². The van der Waals surface area contributed by atoms with Gasteiger partial charge in [0.05, 0.1) is 12.6 Å². The van der Waals surface area contributed by atoms with Crippen molar-refractivity contribution in [1.29, 1.82) is 0 Å². The van der Waals surface area contributed by atoms with Crippen LogP contribution in [0.2, 0.25) is 0 Å². The fourth-order valence-electron chi connectivity index (χ4n) is 2.93. The van der Waals surface area contributed by atoms with Crippen molar-refractivity contribution in [3.05, 3.63) is 40.8 Å². The summed E-state index contributed by atoms with van der Waals surface area (Å²) in [5, 5.41) is 11.4. The Bertz CT molecular complexity index is 629. The predicted octanol–water partition coefficient (Wildman–Crippen LogP) is 2.75. The van der Waals surface area contributed by atoms with Gasteiger partial charge in [0.2, 0.25) is 0 Å². The summed E-state index contributed by atoms with van der Waals surface area (Å²) in [6.45, 7) is 6.77. The molecule has 1 N–H and O–H groups in total. The van der Waals surface area contributed by atoms with E-state index in [0.29, 0.717) is 25.6 Å². The Morgan fingerprint density at radius 3 is 3.12 bits per heavy atom. The molecule has 2 aromatic heterocycles. The van der Waals surface area contributed by atoms with E-state index >= 15 is 0 Å². The second-order valence-corrected chi connectivity index (χ2v) is 7.20. The van der Waals surface area contributed by atoms with Crippen LogP contribution in [0.25, 0.3) is 0 Å². The average molecular weight is 348 g/mol. The first-order valence-corrected chi connectivity index (χ1v) is 9.24. The largest absolute Gasteiger partial charge is 0.367 e. The Morgan fingerprint density at radius 1 is 1.54 bits per heavy atom. The SMILES string of the molecule is C[C@H](CNC(=O)N1C[C@@H](C)O[C@@H](c2ccsc2)C1)Cn1cccn1. The van der Waals surface area contributed by atoms with Crippen LogP contribution >= 0.6 is 11.3 Å². The van der Waals surface area contributed by atoms with Crippen molar-refractivity contribution in [3.63, 3.8) is 0 Å². The zero-order chi connectivity index (χ0) is 16.9. The number of carbonyl (C=O) groups is 1. The highest BCUT2D eigenvalue weighted by atomic mass is 32.1. The number of nitrogens with zero attached hydrogens (tertiary/aromatic N) is 3. The van der Waals surface area contributed by atoms with Gasteiger partial charge in [-0.1, -0.05) is 6.92 Å². The summed E-state index contributed by atoms with van der Waals surface area (Å²) < 4.78 is 7.87. The molecule has 0 spiro atoms. The summed E-state index contributed by atoms with van der Waals surface area (Å²) in [6, 6.07) is 3.96. The van der Waals surface area contributed by atoms with Crippen molar-refractivity contribution in [3.8, 4) is 0 Å². The minimum atomic E-state index is -0.0350. The molecule has 1 saturated heterocycles. The van der Waals surface area contributed by atoms with Gasteiger partial charge in [-0.2, -0.15) is 16.4 Å². The number of amides is 2. The third kappa shape index (κ3) is 4.36. The van der Waals surface area contributed by atoms with Gasteiger partial charge >= 0.3 is 6.03 Å². The molecule has 2 amide bonds. The maximum absolute atomic E-state index is 12.5. The van der Waals surface area contributed by atoms with Gasteiger partial charge in [0.15, 0.2) is 0 Å². The van der Waals surface area contributed by atoms with E-state index in [1.165, 1.54) is 0 Å².